The Kier molecular flexibility index (Phi) is 5.53. The van der Waals surface area contributed by atoms with E-state index in [0.717, 1.165) is 61.1 Å². The Hall–Kier alpha value is -1.66. The number of likely N-dealkylation sites (tertiary alicyclic amines) is 1. The summed E-state index contributed by atoms with van der Waals surface area (Å²) in [6, 6.07) is 2.26. The Bertz CT molecular complexity index is 800. The molecule has 0 aromatic carbocycles. The van der Waals surface area contributed by atoms with E-state index in [9.17, 15) is 4.79 Å². The van der Waals surface area contributed by atoms with Crippen molar-refractivity contribution in [3.05, 3.63) is 23.0 Å². The van der Waals surface area contributed by atoms with Crippen LogP contribution in [-0.2, 0) is 0 Å². The molecule has 142 valence electrons. The number of amides is 1. The fourth-order valence-corrected chi connectivity index (χ4v) is 3.85. The van der Waals surface area contributed by atoms with E-state index < -0.39 is 0 Å². The first kappa shape index (κ1) is 19.1. The van der Waals surface area contributed by atoms with E-state index in [-0.39, 0.29) is 30.3 Å². The van der Waals surface area contributed by atoms with Gasteiger partial charge in [-0.2, -0.15) is 0 Å². The monoisotopic (exact) mass is 378 g/mol. The first-order chi connectivity index (χ1) is 12.1. The molecule has 26 heavy (non-hydrogen) atoms. The largest absolute Gasteiger partial charge is 0.335 e. The number of carbonyl (C=O) groups excluding carboxylic acids is 1. The summed E-state index contributed by atoms with van der Waals surface area (Å²) >= 11 is 0. The Labute approximate surface area is 160 Å². The lowest BCUT2D eigenvalue weighted by Crippen LogP contribution is -2.41. The van der Waals surface area contributed by atoms with Gasteiger partial charge < -0.3 is 14.7 Å². The van der Waals surface area contributed by atoms with Crippen molar-refractivity contribution in [2.75, 3.05) is 20.1 Å². The Morgan fingerprint density at radius 2 is 2.15 bits per heavy atom. The second kappa shape index (κ2) is 7.53. The number of halogens is 1. The number of nitrogens with one attached hydrogen (secondary N) is 1. The molecular weight excluding hydrogens is 352 g/mol. The van der Waals surface area contributed by atoms with Crippen LogP contribution in [0.3, 0.4) is 0 Å². The molecule has 0 bridgehead atoms. The molecule has 1 atom stereocenters. The van der Waals surface area contributed by atoms with E-state index in [2.05, 4.69) is 29.3 Å². The maximum Gasteiger partial charge on any atom is 0.259 e. The number of rotatable bonds is 5. The highest BCUT2D eigenvalue weighted by molar-refractivity contribution is 6.06. The van der Waals surface area contributed by atoms with Gasteiger partial charge >= 0.3 is 0 Å². The van der Waals surface area contributed by atoms with Crippen molar-refractivity contribution in [2.45, 2.75) is 57.4 Å². The summed E-state index contributed by atoms with van der Waals surface area (Å²) in [5.74, 6) is 0.750. The SMILES string of the molecule is CNCC1CCCN1C(=O)c1cc(C2CC2)nc2onc(C(C)C)c12.Cl. The highest BCUT2D eigenvalue weighted by atomic mass is 35.5. The standard InChI is InChI=1S/C19H26N4O2.ClH/c1-11(2)17-16-14(19(24)23-8-4-5-13(23)10-20-3)9-15(12-6-7-12)21-18(16)25-22-17;/h9,11-13,20H,4-8,10H2,1-3H3;1H. The zero-order chi connectivity index (χ0) is 17.6. The molecule has 4 rings (SSSR count). The van der Waals surface area contributed by atoms with E-state index >= 15 is 0 Å². The number of likely N-dealkylation sites (N-methyl/N-ethyl adjacent to an activating group) is 1. The van der Waals surface area contributed by atoms with Crippen LogP contribution in [0.5, 0.6) is 0 Å². The fraction of sp³-hybridized carbons (Fsp3) is 0.632. The minimum absolute atomic E-state index is 0. The quantitative estimate of drug-likeness (QED) is 0.862. The van der Waals surface area contributed by atoms with E-state index in [1.54, 1.807) is 0 Å². The van der Waals surface area contributed by atoms with Gasteiger partial charge in [-0.3, -0.25) is 4.79 Å². The van der Waals surface area contributed by atoms with Crippen LogP contribution in [0.15, 0.2) is 10.6 Å². The molecule has 1 N–H and O–H groups in total. The Balaban J connectivity index is 0.00000196. The van der Waals surface area contributed by atoms with Crippen LogP contribution < -0.4 is 5.32 Å². The maximum atomic E-state index is 13.4. The highest BCUT2D eigenvalue weighted by Gasteiger charge is 2.34. The predicted molar refractivity (Wildman–Crippen MR) is 103 cm³/mol. The van der Waals surface area contributed by atoms with Crippen molar-refractivity contribution in [3.63, 3.8) is 0 Å². The molecule has 6 nitrogen and oxygen atoms in total. The number of nitrogens with zero attached hydrogens (tertiary/aromatic N) is 3. The molecule has 1 saturated carbocycles. The third-order valence-electron chi connectivity index (χ3n) is 5.34. The minimum Gasteiger partial charge on any atom is -0.335 e. The molecule has 0 spiro atoms. The summed E-state index contributed by atoms with van der Waals surface area (Å²) in [5, 5.41) is 8.24. The molecule has 3 heterocycles. The molecule has 1 aliphatic heterocycles. The first-order valence-electron chi connectivity index (χ1n) is 9.36. The van der Waals surface area contributed by atoms with Crippen molar-refractivity contribution in [1.29, 1.82) is 0 Å². The lowest BCUT2D eigenvalue weighted by Gasteiger charge is -2.25. The molecule has 1 saturated heterocycles. The summed E-state index contributed by atoms with van der Waals surface area (Å²) in [5.41, 5.74) is 3.05. The van der Waals surface area contributed by atoms with Crippen molar-refractivity contribution < 1.29 is 9.32 Å². The summed E-state index contributed by atoms with van der Waals surface area (Å²) in [7, 11) is 1.94. The number of carbonyl (C=O) groups is 1. The van der Waals surface area contributed by atoms with Crippen molar-refractivity contribution in [2.24, 2.45) is 0 Å². The summed E-state index contributed by atoms with van der Waals surface area (Å²) < 4.78 is 5.51. The molecular formula is C19H27ClN4O2. The number of fused-ring (bicyclic) bond motifs is 1. The van der Waals surface area contributed by atoms with Crippen LogP contribution in [0.1, 0.15) is 73.1 Å². The van der Waals surface area contributed by atoms with Crippen LogP contribution in [0.4, 0.5) is 0 Å². The van der Waals surface area contributed by atoms with Gasteiger partial charge in [-0.15, -0.1) is 12.4 Å². The normalized spacial score (nSPS) is 20.0. The van der Waals surface area contributed by atoms with Gasteiger partial charge in [0, 0.05) is 30.7 Å². The van der Waals surface area contributed by atoms with Gasteiger partial charge in [0.05, 0.1) is 16.6 Å². The number of aromatic nitrogens is 2. The van der Waals surface area contributed by atoms with Crippen LogP contribution in [0.2, 0.25) is 0 Å². The van der Waals surface area contributed by atoms with Gasteiger partial charge in [0.15, 0.2) is 0 Å². The number of pyridine rings is 1. The number of hydrogen-bond donors (Lipinski definition) is 1. The van der Waals surface area contributed by atoms with E-state index in [1.165, 1.54) is 0 Å². The zero-order valence-electron chi connectivity index (χ0n) is 15.6. The minimum atomic E-state index is 0. The van der Waals surface area contributed by atoms with Crippen molar-refractivity contribution in [3.8, 4) is 0 Å². The van der Waals surface area contributed by atoms with Gasteiger partial charge in [-0.1, -0.05) is 19.0 Å². The maximum absolute atomic E-state index is 13.4. The van der Waals surface area contributed by atoms with E-state index in [1.807, 2.05) is 18.0 Å². The summed E-state index contributed by atoms with van der Waals surface area (Å²) in [4.78, 5) is 20.1. The molecule has 1 unspecified atom stereocenters. The molecule has 1 amide bonds. The third-order valence-corrected chi connectivity index (χ3v) is 5.34. The Morgan fingerprint density at radius 3 is 2.81 bits per heavy atom. The molecule has 0 radical (unpaired) electrons. The second-order valence-corrected chi connectivity index (χ2v) is 7.62. The summed E-state index contributed by atoms with van der Waals surface area (Å²) in [6.07, 6.45) is 4.40. The molecule has 7 heteroatoms. The van der Waals surface area contributed by atoms with Crippen LogP contribution in [0.25, 0.3) is 11.1 Å². The summed E-state index contributed by atoms with van der Waals surface area (Å²) in [6.45, 7) is 5.78. The van der Waals surface area contributed by atoms with Crippen LogP contribution in [0, 0.1) is 0 Å². The van der Waals surface area contributed by atoms with Crippen LogP contribution in [-0.4, -0.2) is 47.1 Å². The second-order valence-electron chi connectivity index (χ2n) is 7.62. The van der Waals surface area contributed by atoms with Gasteiger partial charge in [0.2, 0.25) is 0 Å². The molecule has 2 aromatic heterocycles. The van der Waals surface area contributed by atoms with Gasteiger partial charge in [0.1, 0.15) is 0 Å². The van der Waals surface area contributed by atoms with E-state index in [0.29, 0.717) is 11.6 Å². The molecule has 2 aromatic rings. The first-order valence-corrected chi connectivity index (χ1v) is 9.36. The zero-order valence-corrected chi connectivity index (χ0v) is 16.4. The third kappa shape index (κ3) is 3.32. The average Bonchev–Trinajstić information content (AvgIpc) is 3.19. The van der Waals surface area contributed by atoms with E-state index in [4.69, 9.17) is 4.52 Å². The number of hydrogen-bond acceptors (Lipinski definition) is 5. The lowest BCUT2D eigenvalue weighted by atomic mass is 10.0. The molecule has 2 aliphatic rings. The lowest BCUT2D eigenvalue weighted by molar-refractivity contribution is 0.0738. The van der Waals surface area contributed by atoms with Gasteiger partial charge in [-0.05, 0) is 44.7 Å². The highest BCUT2D eigenvalue weighted by Crippen LogP contribution is 2.41. The average molecular weight is 379 g/mol. The topological polar surface area (TPSA) is 71.3 Å². The van der Waals surface area contributed by atoms with Gasteiger partial charge in [0.25, 0.3) is 11.6 Å². The smallest absolute Gasteiger partial charge is 0.259 e. The fourth-order valence-electron chi connectivity index (χ4n) is 3.85. The van der Waals surface area contributed by atoms with Crippen molar-refractivity contribution >= 4 is 29.4 Å². The van der Waals surface area contributed by atoms with Crippen LogP contribution >= 0.6 is 12.4 Å². The molecule has 1 aliphatic carbocycles. The predicted octanol–water partition coefficient (Wildman–Crippen LogP) is 3.47. The van der Waals surface area contributed by atoms with Crippen molar-refractivity contribution in [1.82, 2.24) is 20.4 Å². The molecule has 2 fully saturated rings. The van der Waals surface area contributed by atoms with Gasteiger partial charge in [-0.25, -0.2) is 4.98 Å². The Morgan fingerprint density at radius 1 is 1.38 bits per heavy atom.